The molecule has 0 aromatic rings. The molecule has 0 amide bonds. The van der Waals surface area contributed by atoms with E-state index in [9.17, 15) is 0 Å². The highest BCUT2D eigenvalue weighted by Crippen LogP contribution is 1.97. The first-order valence-electron chi connectivity index (χ1n) is 5.70. The lowest BCUT2D eigenvalue weighted by atomic mass is 10.3. The lowest BCUT2D eigenvalue weighted by Gasteiger charge is -2.16. The van der Waals surface area contributed by atoms with Gasteiger partial charge in [0.25, 0.3) is 0 Å². The molecule has 0 aromatic heterocycles. The highest BCUT2D eigenvalue weighted by Gasteiger charge is 2.01. The lowest BCUT2D eigenvalue weighted by molar-refractivity contribution is 0.620. The average molecular weight is 231 g/mol. The SMILES string of the molecule is CC[C@H](C)NC(=NC)NCCCCSC. The Labute approximate surface area is 98.5 Å². The molecule has 15 heavy (non-hydrogen) atoms. The topological polar surface area (TPSA) is 36.4 Å². The average Bonchev–Trinajstić information content (AvgIpc) is 2.26. The van der Waals surface area contributed by atoms with Gasteiger partial charge in [0.1, 0.15) is 0 Å². The number of hydrogen-bond acceptors (Lipinski definition) is 2. The van der Waals surface area contributed by atoms with Crippen LogP contribution in [-0.2, 0) is 0 Å². The highest BCUT2D eigenvalue weighted by molar-refractivity contribution is 7.98. The van der Waals surface area contributed by atoms with Gasteiger partial charge in [-0.2, -0.15) is 11.8 Å². The maximum absolute atomic E-state index is 4.18. The molecule has 0 bridgehead atoms. The quantitative estimate of drug-likeness (QED) is 0.400. The Morgan fingerprint density at radius 1 is 1.40 bits per heavy atom. The van der Waals surface area contributed by atoms with Gasteiger partial charge in [0.05, 0.1) is 0 Å². The molecule has 1 atom stereocenters. The Morgan fingerprint density at radius 3 is 2.67 bits per heavy atom. The van der Waals surface area contributed by atoms with Crippen LogP contribution in [0.5, 0.6) is 0 Å². The fourth-order valence-electron chi connectivity index (χ4n) is 1.11. The minimum atomic E-state index is 0.488. The number of thioether (sulfide) groups is 1. The summed E-state index contributed by atoms with van der Waals surface area (Å²) < 4.78 is 0. The predicted molar refractivity (Wildman–Crippen MR) is 71.9 cm³/mol. The number of nitrogens with zero attached hydrogens (tertiary/aromatic N) is 1. The number of aliphatic imine (C=N–C) groups is 1. The Balaban J connectivity index is 3.54. The first-order valence-corrected chi connectivity index (χ1v) is 7.10. The van der Waals surface area contributed by atoms with Gasteiger partial charge in [-0.25, -0.2) is 0 Å². The Bertz CT molecular complexity index is 171. The second-order valence-corrected chi connectivity index (χ2v) is 4.64. The van der Waals surface area contributed by atoms with E-state index in [2.05, 4.69) is 35.7 Å². The maximum Gasteiger partial charge on any atom is 0.191 e. The highest BCUT2D eigenvalue weighted by atomic mass is 32.2. The molecule has 0 aromatic carbocycles. The van der Waals surface area contributed by atoms with Crippen molar-refractivity contribution in [3.05, 3.63) is 0 Å². The zero-order valence-corrected chi connectivity index (χ0v) is 11.3. The van der Waals surface area contributed by atoms with Gasteiger partial charge >= 0.3 is 0 Å². The minimum absolute atomic E-state index is 0.488. The molecule has 90 valence electrons. The maximum atomic E-state index is 4.18. The van der Waals surface area contributed by atoms with Crippen molar-refractivity contribution >= 4 is 17.7 Å². The van der Waals surface area contributed by atoms with E-state index in [1.54, 1.807) is 0 Å². The monoisotopic (exact) mass is 231 g/mol. The molecule has 4 heteroatoms. The van der Waals surface area contributed by atoms with Crippen LogP contribution >= 0.6 is 11.8 Å². The largest absolute Gasteiger partial charge is 0.356 e. The van der Waals surface area contributed by atoms with E-state index in [1.807, 2.05) is 18.8 Å². The zero-order chi connectivity index (χ0) is 11.5. The van der Waals surface area contributed by atoms with Gasteiger partial charge < -0.3 is 10.6 Å². The molecule has 0 rings (SSSR count). The van der Waals surface area contributed by atoms with Crippen LogP contribution in [0.1, 0.15) is 33.1 Å². The van der Waals surface area contributed by atoms with Crippen molar-refractivity contribution in [3.8, 4) is 0 Å². The van der Waals surface area contributed by atoms with Crippen LogP contribution < -0.4 is 10.6 Å². The molecule has 0 radical (unpaired) electrons. The van der Waals surface area contributed by atoms with E-state index in [0.717, 1.165) is 18.9 Å². The van der Waals surface area contributed by atoms with E-state index < -0.39 is 0 Å². The standard InChI is InChI=1S/C11H25N3S/c1-5-10(2)14-11(12-3)13-8-6-7-9-15-4/h10H,5-9H2,1-4H3,(H2,12,13,14)/t10-/m0/s1. The van der Waals surface area contributed by atoms with Crippen molar-refractivity contribution in [2.45, 2.75) is 39.2 Å². The summed E-state index contributed by atoms with van der Waals surface area (Å²) in [6.45, 7) is 5.35. The second-order valence-electron chi connectivity index (χ2n) is 3.65. The van der Waals surface area contributed by atoms with Crippen molar-refractivity contribution in [3.63, 3.8) is 0 Å². The summed E-state index contributed by atoms with van der Waals surface area (Å²) >= 11 is 1.91. The van der Waals surface area contributed by atoms with Crippen LogP contribution in [0.15, 0.2) is 4.99 Å². The van der Waals surface area contributed by atoms with E-state index >= 15 is 0 Å². The van der Waals surface area contributed by atoms with Crippen molar-refractivity contribution in [1.29, 1.82) is 0 Å². The Kier molecular flexibility index (Phi) is 9.89. The van der Waals surface area contributed by atoms with E-state index in [-0.39, 0.29) is 0 Å². The lowest BCUT2D eigenvalue weighted by Crippen LogP contribution is -2.42. The van der Waals surface area contributed by atoms with Crippen LogP contribution in [-0.4, -0.2) is 37.6 Å². The van der Waals surface area contributed by atoms with E-state index in [0.29, 0.717) is 6.04 Å². The van der Waals surface area contributed by atoms with Crippen molar-refractivity contribution < 1.29 is 0 Å². The molecule has 0 aliphatic carbocycles. The molecule has 0 spiro atoms. The molecule has 0 unspecified atom stereocenters. The van der Waals surface area contributed by atoms with Gasteiger partial charge in [0, 0.05) is 19.6 Å². The molecule has 0 heterocycles. The first-order chi connectivity index (χ1) is 7.24. The second kappa shape index (κ2) is 10.1. The summed E-state index contributed by atoms with van der Waals surface area (Å²) in [4.78, 5) is 4.18. The molecule has 2 N–H and O–H groups in total. The summed E-state index contributed by atoms with van der Waals surface area (Å²) in [6, 6.07) is 0.488. The van der Waals surface area contributed by atoms with Gasteiger partial charge in [-0.3, -0.25) is 4.99 Å². The van der Waals surface area contributed by atoms with Crippen LogP contribution in [0.3, 0.4) is 0 Å². The molecule has 0 fully saturated rings. The first kappa shape index (κ1) is 14.6. The van der Waals surface area contributed by atoms with Gasteiger partial charge in [0.2, 0.25) is 0 Å². The molecular formula is C11H25N3S. The third kappa shape index (κ3) is 8.60. The summed E-state index contributed by atoms with van der Waals surface area (Å²) in [7, 11) is 1.82. The molecule has 0 aliphatic rings. The van der Waals surface area contributed by atoms with Crippen LogP contribution in [0.4, 0.5) is 0 Å². The van der Waals surface area contributed by atoms with Crippen LogP contribution in [0.2, 0.25) is 0 Å². The number of guanidine groups is 1. The summed E-state index contributed by atoms with van der Waals surface area (Å²) in [5.74, 6) is 2.17. The van der Waals surface area contributed by atoms with Gasteiger partial charge in [-0.15, -0.1) is 0 Å². The number of hydrogen-bond donors (Lipinski definition) is 2. The zero-order valence-electron chi connectivity index (χ0n) is 10.5. The number of unbranched alkanes of at least 4 members (excludes halogenated alkanes) is 1. The van der Waals surface area contributed by atoms with E-state index in [4.69, 9.17) is 0 Å². The van der Waals surface area contributed by atoms with Crippen LogP contribution in [0.25, 0.3) is 0 Å². The molecule has 0 saturated carbocycles. The number of rotatable bonds is 7. The van der Waals surface area contributed by atoms with Crippen molar-refractivity contribution in [1.82, 2.24) is 10.6 Å². The third-order valence-electron chi connectivity index (χ3n) is 2.29. The fraction of sp³-hybridized carbons (Fsp3) is 0.909. The normalized spacial score (nSPS) is 13.7. The molecule has 0 saturated heterocycles. The van der Waals surface area contributed by atoms with Gasteiger partial charge in [0.15, 0.2) is 5.96 Å². The predicted octanol–water partition coefficient (Wildman–Crippen LogP) is 2.09. The summed E-state index contributed by atoms with van der Waals surface area (Å²) in [5, 5.41) is 6.66. The number of nitrogens with one attached hydrogen (secondary N) is 2. The van der Waals surface area contributed by atoms with E-state index in [1.165, 1.54) is 18.6 Å². The summed E-state index contributed by atoms with van der Waals surface area (Å²) in [5.41, 5.74) is 0. The molecular weight excluding hydrogens is 206 g/mol. The summed E-state index contributed by atoms with van der Waals surface area (Å²) in [6.07, 6.45) is 5.75. The third-order valence-corrected chi connectivity index (χ3v) is 2.98. The fourth-order valence-corrected chi connectivity index (χ4v) is 1.60. The molecule has 0 aliphatic heterocycles. The minimum Gasteiger partial charge on any atom is -0.356 e. The van der Waals surface area contributed by atoms with Crippen LogP contribution in [0, 0.1) is 0 Å². The van der Waals surface area contributed by atoms with Gasteiger partial charge in [-0.05, 0) is 38.2 Å². The Morgan fingerprint density at radius 2 is 2.13 bits per heavy atom. The van der Waals surface area contributed by atoms with Crippen molar-refractivity contribution in [2.75, 3.05) is 25.6 Å². The smallest absolute Gasteiger partial charge is 0.191 e. The Hall–Kier alpha value is -0.380. The van der Waals surface area contributed by atoms with Crippen molar-refractivity contribution in [2.24, 2.45) is 4.99 Å². The van der Waals surface area contributed by atoms with Gasteiger partial charge in [-0.1, -0.05) is 6.92 Å². The molecule has 3 nitrogen and oxygen atoms in total.